The highest BCUT2D eigenvalue weighted by Gasteiger charge is 2.09. The topological polar surface area (TPSA) is 115 Å². The number of hydrogen-bond acceptors (Lipinski definition) is 2. The molecule has 0 aliphatic heterocycles. The lowest BCUT2D eigenvalue weighted by Gasteiger charge is -2.24. The van der Waals surface area contributed by atoms with Gasteiger partial charge in [-0.1, -0.05) is 13.8 Å². The Kier molecular flexibility index (Phi) is 5.86. The molecule has 15 heavy (non-hydrogen) atoms. The molecule has 5 N–H and O–H groups in total. The highest BCUT2D eigenvalue weighted by molar-refractivity contribution is 5.91. The molecule has 84 valence electrons. The van der Waals surface area contributed by atoms with Crippen molar-refractivity contribution < 1.29 is 0 Å². The van der Waals surface area contributed by atoms with Crippen LogP contribution in [0.4, 0.5) is 0 Å². The molecule has 0 atom stereocenters. The van der Waals surface area contributed by atoms with E-state index in [4.69, 9.17) is 22.1 Å². The van der Waals surface area contributed by atoms with Crippen molar-refractivity contribution in [1.29, 1.82) is 10.7 Å². The van der Waals surface area contributed by atoms with Crippen molar-refractivity contribution in [3.63, 3.8) is 0 Å². The van der Waals surface area contributed by atoms with Gasteiger partial charge in [0.05, 0.1) is 12.5 Å². The quantitative estimate of drug-likeness (QED) is 0.449. The van der Waals surface area contributed by atoms with Gasteiger partial charge >= 0.3 is 0 Å². The summed E-state index contributed by atoms with van der Waals surface area (Å²) in [6, 6.07) is 2.04. The molecule has 6 heteroatoms. The largest absolute Gasteiger partial charge is 0.369 e. The Labute approximate surface area is 90.1 Å². The number of nitriles is 1. The van der Waals surface area contributed by atoms with Gasteiger partial charge in [0, 0.05) is 13.1 Å². The Morgan fingerprint density at radius 1 is 1.53 bits per heavy atom. The van der Waals surface area contributed by atoms with Gasteiger partial charge in [0.15, 0.2) is 5.96 Å². The molecule has 0 aromatic rings. The van der Waals surface area contributed by atoms with Crippen LogP contribution in [0.3, 0.4) is 0 Å². The average Bonchev–Trinajstić information content (AvgIpc) is 2.10. The van der Waals surface area contributed by atoms with Crippen molar-refractivity contribution in [2.75, 3.05) is 13.1 Å². The number of guanidine groups is 2. The third-order valence-electron chi connectivity index (χ3n) is 1.64. The first-order valence-corrected chi connectivity index (χ1v) is 4.77. The molecule has 0 bridgehead atoms. The molecule has 6 nitrogen and oxygen atoms in total. The lowest BCUT2D eigenvalue weighted by molar-refractivity contribution is 0.369. The summed E-state index contributed by atoms with van der Waals surface area (Å²) in [6.07, 6.45) is 0.376. The van der Waals surface area contributed by atoms with Crippen molar-refractivity contribution in [3.05, 3.63) is 0 Å². The van der Waals surface area contributed by atoms with Gasteiger partial charge in [0.25, 0.3) is 0 Å². The van der Waals surface area contributed by atoms with E-state index in [0.29, 0.717) is 25.4 Å². The van der Waals surface area contributed by atoms with Gasteiger partial charge in [-0.25, -0.2) is 0 Å². The molecule has 0 aliphatic carbocycles. The molecular weight excluding hydrogens is 192 g/mol. The molecule has 0 fully saturated rings. The minimum Gasteiger partial charge on any atom is -0.369 e. The summed E-state index contributed by atoms with van der Waals surface area (Å²) in [5.41, 5.74) is 10.8. The van der Waals surface area contributed by atoms with E-state index in [1.807, 2.05) is 19.9 Å². The van der Waals surface area contributed by atoms with Crippen LogP contribution in [0.5, 0.6) is 0 Å². The third kappa shape index (κ3) is 6.32. The van der Waals surface area contributed by atoms with E-state index in [9.17, 15) is 0 Å². The fraction of sp³-hybridized carbons (Fsp3) is 0.667. The molecular formula is C9H18N6. The molecule has 0 spiro atoms. The van der Waals surface area contributed by atoms with E-state index < -0.39 is 0 Å². The summed E-state index contributed by atoms with van der Waals surface area (Å²) in [6.45, 7) is 5.29. The Bertz CT molecular complexity index is 275. The highest BCUT2D eigenvalue weighted by atomic mass is 15.3. The van der Waals surface area contributed by atoms with Crippen molar-refractivity contribution in [1.82, 2.24) is 4.90 Å². The molecule has 0 saturated carbocycles. The van der Waals surface area contributed by atoms with Crippen LogP contribution in [0.25, 0.3) is 0 Å². The van der Waals surface area contributed by atoms with E-state index >= 15 is 0 Å². The maximum absolute atomic E-state index is 8.49. The summed E-state index contributed by atoms with van der Waals surface area (Å²) < 4.78 is 0. The molecule has 0 heterocycles. The SMILES string of the molecule is CC(C)CN(CCC#N)/C(N)=N/C(=N)N. The van der Waals surface area contributed by atoms with E-state index in [1.165, 1.54) is 0 Å². The molecule has 0 aliphatic rings. The van der Waals surface area contributed by atoms with Crippen molar-refractivity contribution in [2.24, 2.45) is 22.4 Å². The second-order valence-corrected chi connectivity index (χ2v) is 3.60. The van der Waals surface area contributed by atoms with Gasteiger partial charge in [-0.2, -0.15) is 10.3 Å². The Morgan fingerprint density at radius 2 is 2.13 bits per heavy atom. The first-order chi connectivity index (χ1) is 6.97. The lowest BCUT2D eigenvalue weighted by atomic mass is 10.2. The number of hydrogen-bond donors (Lipinski definition) is 3. The molecule has 0 rings (SSSR count). The number of rotatable bonds is 4. The predicted molar refractivity (Wildman–Crippen MR) is 60.2 cm³/mol. The maximum Gasteiger partial charge on any atom is 0.215 e. The minimum absolute atomic E-state index is 0.200. The van der Waals surface area contributed by atoms with E-state index in [-0.39, 0.29) is 11.9 Å². The zero-order chi connectivity index (χ0) is 11.8. The first kappa shape index (κ1) is 13.2. The van der Waals surface area contributed by atoms with Crippen LogP contribution in [0.15, 0.2) is 4.99 Å². The van der Waals surface area contributed by atoms with Crippen LogP contribution >= 0.6 is 0 Å². The summed E-state index contributed by atoms with van der Waals surface area (Å²) in [5.74, 6) is 0.286. The molecule has 0 radical (unpaired) electrons. The van der Waals surface area contributed by atoms with Crippen LogP contribution in [0, 0.1) is 22.7 Å². The monoisotopic (exact) mass is 210 g/mol. The van der Waals surface area contributed by atoms with Gasteiger partial charge in [0.1, 0.15) is 0 Å². The van der Waals surface area contributed by atoms with Gasteiger partial charge in [0.2, 0.25) is 5.96 Å². The first-order valence-electron chi connectivity index (χ1n) is 4.77. The van der Waals surface area contributed by atoms with Crippen molar-refractivity contribution in [3.8, 4) is 6.07 Å². The maximum atomic E-state index is 8.49. The summed E-state index contributed by atoms with van der Waals surface area (Å²) in [7, 11) is 0. The Morgan fingerprint density at radius 3 is 2.53 bits per heavy atom. The van der Waals surface area contributed by atoms with Gasteiger partial charge in [-0.3, -0.25) is 5.41 Å². The zero-order valence-corrected chi connectivity index (χ0v) is 9.20. The minimum atomic E-state index is -0.321. The normalized spacial score (nSPS) is 11.2. The van der Waals surface area contributed by atoms with Crippen LogP contribution in [-0.2, 0) is 0 Å². The standard InChI is InChI=1S/C9H18N6/c1-7(2)6-15(5-3-4-10)9(13)14-8(11)12/h7H,3,5-6H2,1-2H3,(H5,11,12,13,14). The lowest BCUT2D eigenvalue weighted by Crippen LogP contribution is -2.41. The summed E-state index contributed by atoms with van der Waals surface area (Å²) in [4.78, 5) is 5.41. The number of aliphatic imine (C=N–C) groups is 1. The second kappa shape index (κ2) is 6.65. The molecule has 0 aromatic carbocycles. The third-order valence-corrected chi connectivity index (χ3v) is 1.64. The van der Waals surface area contributed by atoms with Gasteiger partial charge in [-0.05, 0) is 5.92 Å². The second-order valence-electron chi connectivity index (χ2n) is 3.60. The molecule has 0 unspecified atom stereocenters. The zero-order valence-electron chi connectivity index (χ0n) is 9.20. The number of nitrogens with two attached hydrogens (primary N) is 2. The summed E-state index contributed by atoms with van der Waals surface area (Å²) >= 11 is 0. The average molecular weight is 210 g/mol. The molecule has 0 aromatic heterocycles. The van der Waals surface area contributed by atoms with E-state index in [2.05, 4.69) is 4.99 Å². The smallest absolute Gasteiger partial charge is 0.215 e. The van der Waals surface area contributed by atoms with Crippen LogP contribution in [-0.4, -0.2) is 29.9 Å². The Balaban J connectivity index is 4.47. The predicted octanol–water partition coefficient (Wildman–Crippen LogP) is 0.0663. The fourth-order valence-electron chi connectivity index (χ4n) is 1.12. The van der Waals surface area contributed by atoms with Crippen molar-refractivity contribution in [2.45, 2.75) is 20.3 Å². The Hall–Kier alpha value is -1.77. The van der Waals surface area contributed by atoms with Crippen LogP contribution in [0.2, 0.25) is 0 Å². The van der Waals surface area contributed by atoms with Crippen molar-refractivity contribution >= 4 is 11.9 Å². The van der Waals surface area contributed by atoms with Crippen LogP contribution < -0.4 is 11.5 Å². The van der Waals surface area contributed by atoms with Gasteiger partial charge in [-0.15, -0.1) is 0 Å². The fourth-order valence-corrected chi connectivity index (χ4v) is 1.12. The summed E-state index contributed by atoms with van der Waals surface area (Å²) in [5, 5.41) is 15.5. The molecule has 0 saturated heterocycles. The van der Waals surface area contributed by atoms with Crippen LogP contribution in [0.1, 0.15) is 20.3 Å². The van der Waals surface area contributed by atoms with E-state index in [1.54, 1.807) is 4.90 Å². The molecule has 0 amide bonds. The van der Waals surface area contributed by atoms with E-state index in [0.717, 1.165) is 0 Å². The highest BCUT2D eigenvalue weighted by Crippen LogP contribution is 1.99. The van der Waals surface area contributed by atoms with Gasteiger partial charge < -0.3 is 16.4 Å². The number of nitrogens with zero attached hydrogens (tertiary/aromatic N) is 3. The number of nitrogens with one attached hydrogen (secondary N) is 1.